The van der Waals surface area contributed by atoms with Gasteiger partial charge in [-0.2, -0.15) is 4.31 Å². The van der Waals surface area contributed by atoms with Crippen LogP contribution in [-0.2, 0) is 14.8 Å². The fourth-order valence-electron chi connectivity index (χ4n) is 3.98. The molecule has 1 aliphatic heterocycles. The number of amides is 1. The average Bonchev–Trinajstić information content (AvgIpc) is 3.36. The van der Waals surface area contributed by atoms with Crippen molar-refractivity contribution in [3.8, 4) is 17.2 Å². The summed E-state index contributed by atoms with van der Waals surface area (Å²) in [6, 6.07) is 9.06. The third kappa shape index (κ3) is 6.18. The van der Waals surface area contributed by atoms with Crippen LogP contribution < -0.4 is 24.8 Å². The summed E-state index contributed by atoms with van der Waals surface area (Å²) in [6.07, 6.45) is 1.75. The topological polar surface area (TPSA) is 106 Å². The number of methoxy groups -OCH3 is 3. The number of hydrogen-bond acceptors (Lipinski definition) is 7. The molecule has 0 radical (unpaired) electrons. The molecular formula is C25H35N3O6S. The number of ether oxygens (including phenoxy) is 3. The van der Waals surface area contributed by atoms with Crippen molar-refractivity contribution in [3.05, 3.63) is 42.0 Å². The zero-order chi connectivity index (χ0) is 25.8. The van der Waals surface area contributed by atoms with Crippen LogP contribution in [0.2, 0.25) is 0 Å². The standard InChI is InChI=1S/C25H35N3O6S/c1-25(2,3)27-24(29)22(17-15-20(32-4)23(34-6)21(16-17)33-5)26-18-9-11-19(12-10-18)35(30,31)28-13-7-8-14-28/h9-12,15-16,22,26H,7-8,13-14H2,1-6H3,(H,27,29)/t22-/m0/s1. The van der Waals surface area contributed by atoms with Crippen LogP contribution in [0.4, 0.5) is 5.69 Å². The fourth-order valence-corrected chi connectivity index (χ4v) is 5.49. The summed E-state index contributed by atoms with van der Waals surface area (Å²) < 4.78 is 43.6. The highest BCUT2D eigenvalue weighted by atomic mass is 32.2. The van der Waals surface area contributed by atoms with Crippen LogP contribution in [0.25, 0.3) is 0 Å². The van der Waals surface area contributed by atoms with Crippen molar-refractivity contribution < 1.29 is 27.4 Å². The molecule has 3 rings (SSSR count). The van der Waals surface area contributed by atoms with Crippen LogP contribution in [0.1, 0.15) is 45.2 Å². The van der Waals surface area contributed by atoms with Gasteiger partial charge in [-0.3, -0.25) is 4.79 Å². The highest BCUT2D eigenvalue weighted by Gasteiger charge is 2.29. The van der Waals surface area contributed by atoms with E-state index in [9.17, 15) is 13.2 Å². The van der Waals surface area contributed by atoms with Gasteiger partial charge >= 0.3 is 0 Å². The van der Waals surface area contributed by atoms with Crippen LogP contribution >= 0.6 is 0 Å². The van der Waals surface area contributed by atoms with Gasteiger partial charge in [0.05, 0.1) is 26.2 Å². The molecule has 1 aliphatic rings. The Morgan fingerprint density at radius 1 is 0.943 bits per heavy atom. The lowest BCUT2D eigenvalue weighted by Crippen LogP contribution is -2.44. The van der Waals surface area contributed by atoms with Gasteiger partial charge in [-0.25, -0.2) is 8.42 Å². The summed E-state index contributed by atoms with van der Waals surface area (Å²) >= 11 is 0. The molecule has 9 nitrogen and oxygen atoms in total. The molecule has 1 amide bonds. The van der Waals surface area contributed by atoms with E-state index in [1.54, 1.807) is 36.4 Å². The Hall–Kier alpha value is -2.98. The van der Waals surface area contributed by atoms with Crippen LogP contribution in [-0.4, -0.2) is 58.6 Å². The lowest BCUT2D eigenvalue weighted by atomic mass is 10.0. The van der Waals surface area contributed by atoms with E-state index in [1.807, 2.05) is 20.8 Å². The van der Waals surface area contributed by atoms with Crippen LogP contribution in [0.5, 0.6) is 17.2 Å². The maximum Gasteiger partial charge on any atom is 0.247 e. The molecule has 0 saturated carbocycles. The summed E-state index contributed by atoms with van der Waals surface area (Å²) in [4.78, 5) is 13.6. The van der Waals surface area contributed by atoms with E-state index in [0.717, 1.165) is 12.8 Å². The monoisotopic (exact) mass is 505 g/mol. The van der Waals surface area contributed by atoms with Crippen molar-refractivity contribution >= 4 is 21.6 Å². The van der Waals surface area contributed by atoms with E-state index in [-0.39, 0.29) is 10.8 Å². The van der Waals surface area contributed by atoms with Gasteiger partial charge < -0.3 is 24.8 Å². The fraction of sp³-hybridized carbons (Fsp3) is 0.480. The van der Waals surface area contributed by atoms with Crippen LogP contribution in [0.15, 0.2) is 41.3 Å². The number of benzene rings is 2. The normalized spacial score (nSPS) is 15.4. The van der Waals surface area contributed by atoms with Crippen LogP contribution in [0.3, 0.4) is 0 Å². The molecule has 2 N–H and O–H groups in total. The molecule has 2 aromatic rings. The smallest absolute Gasteiger partial charge is 0.247 e. The van der Waals surface area contributed by atoms with E-state index < -0.39 is 21.6 Å². The van der Waals surface area contributed by atoms with E-state index in [2.05, 4.69) is 10.6 Å². The molecule has 1 saturated heterocycles. The van der Waals surface area contributed by atoms with Gasteiger partial charge in [0.1, 0.15) is 6.04 Å². The maximum atomic E-state index is 13.3. The molecule has 1 atom stereocenters. The Morgan fingerprint density at radius 2 is 1.49 bits per heavy atom. The zero-order valence-corrected chi connectivity index (χ0v) is 22.0. The Balaban J connectivity index is 1.96. The second-order valence-electron chi connectivity index (χ2n) is 9.41. The minimum Gasteiger partial charge on any atom is -0.493 e. The van der Waals surface area contributed by atoms with Crippen LogP contribution in [0, 0.1) is 0 Å². The quantitative estimate of drug-likeness (QED) is 0.537. The third-order valence-electron chi connectivity index (χ3n) is 5.65. The molecule has 1 heterocycles. The number of rotatable bonds is 9. The molecule has 0 spiro atoms. The average molecular weight is 506 g/mol. The molecule has 0 aliphatic carbocycles. The first kappa shape index (κ1) is 26.6. The molecule has 0 unspecified atom stereocenters. The molecule has 2 aromatic carbocycles. The second-order valence-corrected chi connectivity index (χ2v) is 11.3. The Morgan fingerprint density at radius 3 is 1.94 bits per heavy atom. The number of carbonyl (C=O) groups excluding carboxylic acids is 1. The largest absolute Gasteiger partial charge is 0.493 e. The van der Waals surface area contributed by atoms with E-state index in [1.165, 1.54) is 25.6 Å². The molecule has 0 bridgehead atoms. The van der Waals surface area contributed by atoms with Gasteiger partial charge in [0.15, 0.2) is 11.5 Å². The minimum absolute atomic E-state index is 0.230. The first-order valence-electron chi connectivity index (χ1n) is 11.5. The maximum absolute atomic E-state index is 13.3. The van der Waals surface area contributed by atoms with Gasteiger partial charge in [0, 0.05) is 24.3 Å². The predicted octanol–water partition coefficient (Wildman–Crippen LogP) is 3.56. The Bertz CT molecular complexity index is 1110. The highest BCUT2D eigenvalue weighted by molar-refractivity contribution is 7.89. The van der Waals surface area contributed by atoms with Gasteiger partial charge in [-0.1, -0.05) is 0 Å². The molecular weight excluding hydrogens is 470 g/mol. The van der Waals surface area contributed by atoms with Crippen molar-refractivity contribution in [2.24, 2.45) is 0 Å². The zero-order valence-electron chi connectivity index (χ0n) is 21.2. The van der Waals surface area contributed by atoms with Crippen molar-refractivity contribution in [3.63, 3.8) is 0 Å². The first-order chi connectivity index (χ1) is 16.5. The van der Waals surface area contributed by atoms with E-state index >= 15 is 0 Å². The lowest BCUT2D eigenvalue weighted by molar-refractivity contribution is -0.123. The minimum atomic E-state index is -3.52. The number of carbonyl (C=O) groups is 1. The van der Waals surface area contributed by atoms with Gasteiger partial charge in [-0.15, -0.1) is 0 Å². The second kappa shape index (κ2) is 10.7. The predicted molar refractivity (Wildman–Crippen MR) is 135 cm³/mol. The lowest BCUT2D eigenvalue weighted by Gasteiger charge is -2.27. The number of anilines is 1. The summed E-state index contributed by atoms with van der Waals surface area (Å²) in [6.45, 7) is 6.77. The Labute approximate surface area is 207 Å². The molecule has 192 valence electrons. The highest BCUT2D eigenvalue weighted by Crippen LogP contribution is 2.40. The van der Waals surface area contributed by atoms with Crippen molar-refractivity contribution in [1.82, 2.24) is 9.62 Å². The number of hydrogen-bond donors (Lipinski definition) is 2. The van der Waals surface area contributed by atoms with E-state index in [0.29, 0.717) is 41.6 Å². The first-order valence-corrected chi connectivity index (χ1v) is 12.9. The van der Waals surface area contributed by atoms with Crippen molar-refractivity contribution in [2.45, 2.75) is 50.1 Å². The number of nitrogens with one attached hydrogen (secondary N) is 2. The van der Waals surface area contributed by atoms with Crippen molar-refractivity contribution in [2.75, 3.05) is 39.7 Å². The summed E-state index contributed by atoms with van der Waals surface area (Å²) in [5.41, 5.74) is 0.717. The molecule has 35 heavy (non-hydrogen) atoms. The van der Waals surface area contributed by atoms with Gasteiger partial charge in [-0.05, 0) is 75.6 Å². The summed E-state index contributed by atoms with van der Waals surface area (Å²) in [5.74, 6) is 0.999. The summed E-state index contributed by atoms with van der Waals surface area (Å²) in [7, 11) is 1.02. The SMILES string of the molecule is COc1cc([C@H](Nc2ccc(S(=O)(=O)N3CCCC3)cc2)C(=O)NC(C)(C)C)cc(OC)c1OC. The molecule has 10 heteroatoms. The van der Waals surface area contributed by atoms with Crippen molar-refractivity contribution in [1.29, 1.82) is 0 Å². The third-order valence-corrected chi connectivity index (χ3v) is 7.56. The number of sulfonamides is 1. The van der Waals surface area contributed by atoms with E-state index in [4.69, 9.17) is 14.2 Å². The molecule has 1 fully saturated rings. The Kier molecular flexibility index (Phi) is 8.17. The molecule has 0 aromatic heterocycles. The van der Waals surface area contributed by atoms with Gasteiger partial charge in [0.25, 0.3) is 0 Å². The van der Waals surface area contributed by atoms with Gasteiger partial charge in [0.2, 0.25) is 21.7 Å². The number of nitrogens with zero attached hydrogens (tertiary/aromatic N) is 1. The summed E-state index contributed by atoms with van der Waals surface area (Å²) in [5, 5.41) is 6.23.